The maximum Gasteiger partial charge on any atom is 0.211 e. The molecule has 7 heteroatoms. The van der Waals surface area contributed by atoms with E-state index in [9.17, 15) is 4.39 Å². The van der Waals surface area contributed by atoms with Gasteiger partial charge in [0.25, 0.3) is 0 Å². The summed E-state index contributed by atoms with van der Waals surface area (Å²) in [5.41, 5.74) is 1.89. The van der Waals surface area contributed by atoms with E-state index in [1.165, 1.54) is 23.5 Å². The highest BCUT2D eigenvalue weighted by Gasteiger charge is 2.07. The van der Waals surface area contributed by atoms with Crippen LogP contribution in [0.25, 0.3) is 0 Å². The number of hydrogen-bond donors (Lipinski definition) is 2. The van der Waals surface area contributed by atoms with E-state index in [4.69, 9.17) is 12.2 Å². The van der Waals surface area contributed by atoms with Crippen LogP contribution >= 0.6 is 23.6 Å². The van der Waals surface area contributed by atoms with Gasteiger partial charge in [0.05, 0.1) is 0 Å². The van der Waals surface area contributed by atoms with Gasteiger partial charge in [-0.1, -0.05) is 41.7 Å². The van der Waals surface area contributed by atoms with Gasteiger partial charge in [0.1, 0.15) is 10.8 Å². The van der Waals surface area contributed by atoms with Gasteiger partial charge in [-0.2, -0.15) is 0 Å². The molecule has 1 aromatic heterocycles. The first kappa shape index (κ1) is 15.5. The Kier molecular flexibility index (Phi) is 4.89. The van der Waals surface area contributed by atoms with Gasteiger partial charge in [-0.3, -0.25) is 0 Å². The van der Waals surface area contributed by atoms with E-state index in [0.29, 0.717) is 16.7 Å². The first-order valence-electron chi connectivity index (χ1n) is 6.89. The Morgan fingerprint density at radius 2 is 1.74 bits per heavy atom. The number of nitrogens with zero attached hydrogens (tertiary/aromatic N) is 2. The SMILES string of the molecule is Fc1ccc(Cc2nnc(NC(=S)Nc3ccccc3)s2)cc1. The molecule has 116 valence electrons. The van der Waals surface area contributed by atoms with Crippen LogP contribution in [0.2, 0.25) is 0 Å². The lowest BCUT2D eigenvalue weighted by Gasteiger charge is -2.07. The lowest BCUT2D eigenvalue weighted by molar-refractivity contribution is 0.627. The predicted octanol–water partition coefficient (Wildman–Crippen LogP) is 4.08. The van der Waals surface area contributed by atoms with Crippen molar-refractivity contribution >= 4 is 39.5 Å². The Labute approximate surface area is 142 Å². The van der Waals surface area contributed by atoms with Gasteiger partial charge in [0, 0.05) is 12.1 Å². The summed E-state index contributed by atoms with van der Waals surface area (Å²) in [6, 6.07) is 16.0. The first-order chi connectivity index (χ1) is 11.2. The number of nitrogens with one attached hydrogen (secondary N) is 2. The fourth-order valence-electron chi connectivity index (χ4n) is 1.93. The zero-order valence-corrected chi connectivity index (χ0v) is 13.6. The van der Waals surface area contributed by atoms with E-state index in [1.54, 1.807) is 12.1 Å². The van der Waals surface area contributed by atoms with Crippen LogP contribution in [0.5, 0.6) is 0 Å². The van der Waals surface area contributed by atoms with Crippen LogP contribution in [0.3, 0.4) is 0 Å². The third-order valence-corrected chi connectivity index (χ3v) is 4.03. The van der Waals surface area contributed by atoms with E-state index in [0.717, 1.165) is 16.3 Å². The fourth-order valence-corrected chi connectivity index (χ4v) is 2.99. The summed E-state index contributed by atoms with van der Waals surface area (Å²) in [6.45, 7) is 0. The van der Waals surface area contributed by atoms with Crippen LogP contribution in [0, 0.1) is 5.82 Å². The highest BCUT2D eigenvalue weighted by molar-refractivity contribution is 7.80. The Balaban J connectivity index is 1.58. The van der Waals surface area contributed by atoms with E-state index >= 15 is 0 Å². The highest BCUT2D eigenvalue weighted by atomic mass is 32.1. The average Bonchev–Trinajstić information content (AvgIpc) is 2.97. The minimum atomic E-state index is -0.245. The summed E-state index contributed by atoms with van der Waals surface area (Å²) in [5, 5.41) is 16.2. The lowest BCUT2D eigenvalue weighted by Crippen LogP contribution is -2.18. The second-order valence-electron chi connectivity index (χ2n) is 4.75. The average molecular weight is 344 g/mol. The second kappa shape index (κ2) is 7.26. The van der Waals surface area contributed by atoms with Crippen molar-refractivity contribution in [3.05, 3.63) is 71.0 Å². The number of hydrogen-bond acceptors (Lipinski definition) is 4. The van der Waals surface area contributed by atoms with Gasteiger partial charge in [-0.05, 0) is 42.0 Å². The molecule has 0 spiro atoms. The lowest BCUT2D eigenvalue weighted by atomic mass is 10.2. The Hall–Kier alpha value is -2.38. The Morgan fingerprint density at radius 3 is 2.48 bits per heavy atom. The van der Waals surface area contributed by atoms with Gasteiger partial charge in [-0.25, -0.2) is 4.39 Å². The molecule has 1 heterocycles. The molecule has 0 unspecified atom stereocenters. The quantitative estimate of drug-likeness (QED) is 0.699. The van der Waals surface area contributed by atoms with Crippen molar-refractivity contribution in [2.45, 2.75) is 6.42 Å². The molecule has 0 saturated heterocycles. The first-order valence-corrected chi connectivity index (χ1v) is 8.11. The molecular weight excluding hydrogens is 331 g/mol. The molecular formula is C16H13FN4S2. The second-order valence-corrected chi connectivity index (χ2v) is 6.22. The van der Waals surface area contributed by atoms with Crippen molar-refractivity contribution in [3.63, 3.8) is 0 Å². The topological polar surface area (TPSA) is 49.8 Å². The molecule has 0 fully saturated rings. The Bertz CT molecular complexity index is 787. The highest BCUT2D eigenvalue weighted by Crippen LogP contribution is 2.19. The molecule has 23 heavy (non-hydrogen) atoms. The number of para-hydroxylation sites is 1. The molecule has 0 amide bonds. The maximum absolute atomic E-state index is 12.9. The molecule has 3 aromatic rings. The van der Waals surface area contributed by atoms with Crippen LogP contribution in [0.1, 0.15) is 10.6 Å². The number of thiocarbonyl (C=S) groups is 1. The summed E-state index contributed by atoms with van der Waals surface area (Å²) in [6.07, 6.45) is 0.610. The number of benzene rings is 2. The molecule has 2 aromatic carbocycles. The zero-order chi connectivity index (χ0) is 16.1. The van der Waals surface area contributed by atoms with E-state index < -0.39 is 0 Å². The predicted molar refractivity (Wildman–Crippen MR) is 95.4 cm³/mol. The van der Waals surface area contributed by atoms with Gasteiger partial charge in [-0.15, -0.1) is 10.2 Å². The minimum absolute atomic E-state index is 0.245. The van der Waals surface area contributed by atoms with Crippen LogP contribution in [0.15, 0.2) is 54.6 Å². The fraction of sp³-hybridized carbons (Fsp3) is 0.0625. The van der Waals surface area contributed by atoms with E-state index in [1.807, 2.05) is 30.3 Å². The normalized spacial score (nSPS) is 10.3. The van der Waals surface area contributed by atoms with Gasteiger partial charge in [0.2, 0.25) is 5.13 Å². The molecule has 3 rings (SSSR count). The summed E-state index contributed by atoms with van der Waals surface area (Å²) >= 11 is 6.66. The molecule has 0 radical (unpaired) electrons. The van der Waals surface area contributed by atoms with Gasteiger partial charge < -0.3 is 10.6 Å². The van der Waals surface area contributed by atoms with Crippen molar-refractivity contribution in [1.82, 2.24) is 10.2 Å². The van der Waals surface area contributed by atoms with Crippen molar-refractivity contribution < 1.29 is 4.39 Å². The molecule has 0 aliphatic rings. The van der Waals surface area contributed by atoms with Crippen molar-refractivity contribution in [3.8, 4) is 0 Å². The van der Waals surface area contributed by atoms with Crippen LogP contribution < -0.4 is 10.6 Å². The van der Waals surface area contributed by atoms with Gasteiger partial charge >= 0.3 is 0 Å². The maximum atomic E-state index is 12.9. The minimum Gasteiger partial charge on any atom is -0.332 e. The van der Waals surface area contributed by atoms with Crippen molar-refractivity contribution in [1.29, 1.82) is 0 Å². The van der Waals surface area contributed by atoms with E-state index in [-0.39, 0.29) is 5.82 Å². The summed E-state index contributed by atoms with van der Waals surface area (Å²) in [5.74, 6) is -0.245. The monoisotopic (exact) mass is 344 g/mol. The molecule has 0 aliphatic heterocycles. The molecule has 4 nitrogen and oxygen atoms in total. The molecule has 0 saturated carbocycles. The third-order valence-electron chi connectivity index (χ3n) is 2.99. The summed E-state index contributed by atoms with van der Waals surface area (Å²) in [7, 11) is 0. The number of aromatic nitrogens is 2. The zero-order valence-electron chi connectivity index (χ0n) is 12.0. The van der Waals surface area contributed by atoms with Crippen LogP contribution in [-0.2, 0) is 6.42 Å². The Morgan fingerprint density at radius 1 is 1.00 bits per heavy atom. The molecule has 2 N–H and O–H groups in total. The summed E-state index contributed by atoms with van der Waals surface area (Å²) < 4.78 is 12.9. The van der Waals surface area contributed by atoms with Crippen molar-refractivity contribution in [2.75, 3.05) is 10.6 Å². The summed E-state index contributed by atoms with van der Waals surface area (Å²) in [4.78, 5) is 0. The number of rotatable bonds is 4. The molecule has 0 aliphatic carbocycles. The van der Waals surface area contributed by atoms with Crippen molar-refractivity contribution in [2.24, 2.45) is 0 Å². The standard InChI is InChI=1S/C16H13FN4S2/c17-12-8-6-11(7-9-12)10-14-20-21-16(23-14)19-15(22)18-13-4-2-1-3-5-13/h1-9H,10H2,(H2,18,19,21,22). The molecule has 0 atom stereocenters. The van der Waals surface area contributed by atoms with Crippen LogP contribution in [-0.4, -0.2) is 15.3 Å². The number of halogens is 1. The third kappa shape index (κ3) is 4.54. The smallest absolute Gasteiger partial charge is 0.211 e. The van der Waals surface area contributed by atoms with E-state index in [2.05, 4.69) is 20.8 Å². The number of anilines is 2. The largest absolute Gasteiger partial charge is 0.332 e. The molecule has 0 bridgehead atoms. The van der Waals surface area contributed by atoms with Crippen LogP contribution in [0.4, 0.5) is 15.2 Å². The van der Waals surface area contributed by atoms with Gasteiger partial charge in [0.15, 0.2) is 5.11 Å².